The second-order valence-electron chi connectivity index (χ2n) is 2.90. The van der Waals surface area contributed by atoms with Gasteiger partial charge in [0.25, 0.3) is 0 Å². The number of rotatable bonds is 3. The molecule has 15 heavy (non-hydrogen) atoms. The standard InChI is InChI=1S/C6H10O7.O.Sb/c7-1-2(8)3(9)4(10)5(11)6(12)13;;/h2-5,7-8,10H,1H2,(H,12,13);;/q-2;;+2/t2-,3-,4+,5-;;/m1../s1. The molecule has 0 aromatic heterocycles. The second kappa shape index (κ2) is 5.29. The molecular weight excluding hydrogens is 322 g/mol. The molecule has 0 aromatic rings. The van der Waals surface area contributed by atoms with Crippen molar-refractivity contribution in [2.75, 3.05) is 6.61 Å². The van der Waals surface area contributed by atoms with Crippen molar-refractivity contribution in [3.63, 3.8) is 0 Å². The normalized spacial score (nSPS) is 33.8. The van der Waals surface area contributed by atoms with Crippen molar-refractivity contribution in [3.05, 3.63) is 0 Å². The maximum atomic E-state index is 11.0. The summed E-state index contributed by atoms with van der Waals surface area (Å²) in [7, 11) is 0. The Kier molecular flexibility index (Phi) is 4.57. The Morgan fingerprint density at radius 1 is 1.47 bits per heavy atom. The van der Waals surface area contributed by atoms with Crippen molar-refractivity contribution < 1.29 is 34.3 Å². The molecule has 0 aliphatic carbocycles. The van der Waals surface area contributed by atoms with E-state index in [4.69, 9.17) is 10.2 Å². The van der Waals surface area contributed by atoms with Crippen LogP contribution in [0.4, 0.5) is 0 Å². The average molecular weight is 332 g/mol. The van der Waals surface area contributed by atoms with Crippen LogP contribution >= 0.6 is 0 Å². The summed E-state index contributed by atoms with van der Waals surface area (Å²) in [6.07, 6.45) is -6.25. The zero-order valence-electron chi connectivity index (χ0n) is 7.39. The first-order valence-electron chi connectivity index (χ1n) is 3.98. The van der Waals surface area contributed by atoms with Crippen molar-refractivity contribution in [1.82, 2.24) is 0 Å². The van der Waals surface area contributed by atoms with E-state index < -0.39 is 58.0 Å². The summed E-state index contributed by atoms with van der Waals surface area (Å²) in [5, 5.41) is 35.8. The van der Waals surface area contributed by atoms with E-state index in [1.165, 1.54) is 0 Å². The summed E-state index contributed by atoms with van der Waals surface area (Å²) in [6, 6.07) is 0. The van der Waals surface area contributed by atoms with Gasteiger partial charge in [0.15, 0.2) is 0 Å². The number of carbonyl (C=O) groups is 1. The Labute approximate surface area is 92.5 Å². The molecule has 0 amide bonds. The fourth-order valence-corrected chi connectivity index (χ4v) is 3.72. The molecule has 4 atom stereocenters. The summed E-state index contributed by atoms with van der Waals surface area (Å²) in [4.78, 5) is 10.6. The summed E-state index contributed by atoms with van der Waals surface area (Å²) >= 11 is -3.86. The van der Waals surface area contributed by atoms with Crippen LogP contribution in [0.5, 0.6) is 0 Å². The van der Waals surface area contributed by atoms with Gasteiger partial charge in [0.2, 0.25) is 0 Å². The van der Waals surface area contributed by atoms with Crippen LogP contribution in [-0.4, -0.2) is 78.5 Å². The third-order valence-electron chi connectivity index (χ3n) is 1.86. The Morgan fingerprint density at radius 3 is 2.53 bits per heavy atom. The third-order valence-corrected chi connectivity index (χ3v) is 4.19. The fraction of sp³-hybridized carbons (Fsp3) is 0.833. The Bertz CT molecular complexity index is 268. The number of hydrogen-bond acceptors (Lipinski definition) is 7. The third kappa shape index (κ3) is 2.93. The zero-order chi connectivity index (χ0) is 11.6. The van der Waals surface area contributed by atoms with E-state index in [2.05, 4.69) is 6.03 Å². The Hall–Kier alpha value is -0.112. The molecule has 0 aromatic carbocycles. The number of hydrogen-bond donors (Lipinski definition) is 4. The molecule has 9 heteroatoms. The number of aliphatic carboxylic acids is 1. The maximum absolute atomic E-state index is 11.0. The van der Waals surface area contributed by atoms with Gasteiger partial charge in [-0.2, -0.15) is 0 Å². The molecular formula is C6H10O8Sb. The first-order chi connectivity index (χ1) is 6.97. The van der Waals surface area contributed by atoms with Gasteiger partial charge in [0, 0.05) is 0 Å². The van der Waals surface area contributed by atoms with Crippen LogP contribution in [-0.2, 0) is 13.8 Å². The van der Waals surface area contributed by atoms with Crippen molar-refractivity contribution >= 4 is 27.0 Å². The van der Waals surface area contributed by atoms with Gasteiger partial charge in [-0.1, -0.05) is 0 Å². The molecule has 1 rings (SSSR count). The second-order valence-corrected chi connectivity index (χ2v) is 5.38. The summed E-state index contributed by atoms with van der Waals surface area (Å²) in [5.41, 5.74) is 0. The Balaban J connectivity index is 2.80. The van der Waals surface area contributed by atoms with Gasteiger partial charge in [-0.3, -0.25) is 0 Å². The van der Waals surface area contributed by atoms with E-state index in [-0.39, 0.29) is 0 Å². The van der Waals surface area contributed by atoms with Crippen LogP contribution in [0.25, 0.3) is 0 Å². The SMILES string of the molecule is O=C(O)[C@@H]1[O][Sb](=[O])[O][C@H]([C@H](O)CO)[C@@H]1O. The fourth-order valence-electron chi connectivity index (χ4n) is 1.11. The molecule has 0 unspecified atom stereocenters. The quantitative estimate of drug-likeness (QED) is 0.402. The van der Waals surface area contributed by atoms with Crippen LogP contribution in [0.15, 0.2) is 0 Å². The van der Waals surface area contributed by atoms with E-state index in [0.29, 0.717) is 0 Å². The van der Waals surface area contributed by atoms with Gasteiger partial charge in [-0.15, -0.1) is 0 Å². The van der Waals surface area contributed by atoms with Gasteiger partial charge >= 0.3 is 92.3 Å². The molecule has 4 N–H and O–H groups in total. The van der Waals surface area contributed by atoms with Gasteiger partial charge in [0.05, 0.1) is 0 Å². The average Bonchev–Trinajstić information content (AvgIpc) is 2.19. The molecule has 1 saturated heterocycles. The topological polar surface area (TPSA) is 134 Å². The van der Waals surface area contributed by atoms with Crippen molar-refractivity contribution in [1.29, 1.82) is 0 Å². The molecule has 0 spiro atoms. The predicted octanol–water partition coefficient (Wildman–Crippen LogP) is -3.02. The van der Waals surface area contributed by atoms with Gasteiger partial charge < -0.3 is 0 Å². The molecule has 1 fully saturated rings. The first kappa shape index (κ1) is 13.0. The molecule has 0 bridgehead atoms. The molecule has 1 aliphatic rings. The Morgan fingerprint density at radius 2 is 2.07 bits per heavy atom. The van der Waals surface area contributed by atoms with Crippen LogP contribution in [0.1, 0.15) is 0 Å². The van der Waals surface area contributed by atoms with Gasteiger partial charge in [-0.05, 0) is 0 Å². The molecule has 1 radical (unpaired) electrons. The van der Waals surface area contributed by atoms with Crippen LogP contribution in [0.3, 0.4) is 0 Å². The summed E-state index contributed by atoms with van der Waals surface area (Å²) < 4.78 is 20.1. The zero-order valence-corrected chi connectivity index (χ0v) is 9.94. The van der Waals surface area contributed by atoms with E-state index in [1.807, 2.05) is 0 Å². The summed E-state index contributed by atoms with van der Waals surface area (Å²) in [5.74, 6) is -1.49. The van der Waals surface area contributed by atoms with Crippen LogP contribution in [0.2, 0.25) is 0 Å². The molecule has 8 nitrogen and oxygen atoms in total. The first-order valence-corrected chi connectivity index (χ1v) is 7.10. The predicted molar refractivity (Wildman–Crippen MR) is 42.9 cm³/mol. The van der Waals surface area contributed by atoms with Crippen molar-refractivity contribution in [3.8, 4) is 0 Å². The van der Waals surface area contributed by atoms with E-state index in [9.17, 15) is 18.0 Å². The van der Waals surface area contributed by atoms with E-state index in [1.54, 1.807) is 0 Å². The number of aliphatic hydroxyl groups excluding tert-OH is 3. The molecule has 1 heterocycles. The molecule has 0 saturated carbocycles. The van der Waals surface area contributed by atoms with Crippen molar-refractivity contribution in [2.24, 2.45) is 0 Å². The van der Waals surface area contributed by atoms with E-state index >= 15 is 0 Å². The van der Waals surface area contributed by atoms with Gasteiger partial charge in [0.1, 0.15) is 0 Å². The summed E-state index contributed by atoms with van der Waals surface area (Å²) in [6.45, 7) is -0.734. The number of aliphatic hydroxyl groups is 3. The minimum absolute atomic E-state index is 0.734. The van der Waals surface area contributed by atoms with E-state index in [0.717, 1.165) is 0 Å². The number of carboxylic acid groups (broad SMARTS) is 1. The van der Waals surface area contributed by atoms with Crippen LogP contribution < -0.4 is 0 Å². The monoisotopic (exact) mass is 331 g/mol. The number of carboxylic acids is 1. The van der Waals surface area contributed by atoms with Crippen molar-refractivity contribution in [2.45, 2.75) is 24.4 Å². The minimum atomic E-state index is -3.86. The van der Waals surface area contributed by atoms with Gasteiger partial charge in [-0.25, -0.2) is 0 Å². The molecule has 87 valence electrons. The molecule has 1 aliphatic heterocycles. The van der Waals surface area contributed by atoms with Crippen LogP contribution in [0, 0.1) is 0 Å².